The topological polar surface area (TPSA) is 25.8 Å². The predicted molar refractivity (Wildman–Crippen MR) is 84.8 cm³/mol. The minimum absolute atomic E-state index is 0.434. The molecular formula is C11H8Br2Cl2N2S. The Morgan fingerprint density at radius 3 is 2.56 bits per heavy atom. The van der Waals surface area contributed by atoms with Crippen molar-refractivity contribution in [1.29, 1.82) is 0 Å². The average Bonchev–Trinajstić information content (AvgIpc) is 2.65. The van der Waals surface area contributed by atoms with Crippen LogP contribution in [0.4, 0.5) is 0 Å². The molecule has 0 radical (unpaired) electrons. The van der Waals surface area contributed by atoms with Gasteiger partial charge >= 0.3 is 0 Å². The number of nitrogens with zero attached hydrogens (tertiary/aromatic N) is 2. The monoisotopic (exact) mass is 428 g/mol. The Kier molecular flexibility index (Phi) is 5.06. The second-order valence-electron chi connectivity index (χ2n) is 3.58. The van der Waals surface area contributed by atoms with Crippen LogP contribution in [0.25, 0.3) is 10.7 Å². The number of aryl methyl sites for hydroxylation is 1. The van der Waals surface area contributed by atoms with Gasteiger partial charge in [0.05, 0.1) is 15.0 Å². The largest absolute Gasteiger partial charge is 0.231 e. The molecule has 0 aliphatic carbocycles. The molecule has 2 aromatic rings. The third kappa shape index (κ3) is 3.07. The summed E-state index contributed by atoms with van der Waals surface area (Å²) in [5.74, 6) is 0.615. The van der Waals surface area contributed by atoms with Crippen LogP contribution in [-0.2, 0) is 6.42 Å². The van der Waals surface area contributed by atoms with Gasteiger partial charge in [0.2, 0.25) is 0 Å². The van der Waals surface area contributed by atoms with Gasteiger partial charge in [-0.15, -0.1) is 11.3 Å². The summed E-state index contributed by atoms with van der Waals surface area (Å²) < 4.78 is 2.31. The normalized spacial score (nSPS) is 10.9. The van der Waals surface area contributed by atoms with E-state index < -0.39 is 0 Å². The van der Waals surface area contributed by atoms with Crippen molar-refractivity contribution in [3.8, 4) is 10.7 Å². The molecule has 7 heteroatoms. The lowest BCUT2D eigenvalue weighted by Crippen LogP contribution is -1.97. The highest BCUT2D eigenvalue weighted by molar-refractivity contribution is 9.11. The van der Waals surface area contributed by atoms with Gasteiger partial charge in [-0.25, -0.2) is 9.97 Å². The first-order chi connectivity index (χ1) is 8.52. The Labute approximate surface area is 136 Å². The lowest BCUT2D eigenvalue weighted by atomic mass is 10.2. The van der Waals surface area contributed by atoms with Crippen LogP contribution in [0.1, 0.15) is 19.0 Å². The van der Waals surface area contributed by atoms with E-state index in [9.17, 15) is 0 Å². The standard InChI is InChI=1S/C11H8Br2Cl2N2S/c1-2-3-6-8(13)9(14)17-11(16-6)7-4-5(12)10(15)18-7/h4H,2-3H2,1H3. The molecule has 0 spiro atoms. The SMILES string of the molecule is CCCc1nc(-c2cc(Br)c(Cl)s2)nc(Cl)c1Br. The molecule has 0 N–H and O–H groups in total. The number of rotatable bonds is 3. The van der Waals surface area contributed by atoms with E-state index in [1.807, 2.05) is 6.07 Å². The molecule has 0 aliphatic heterocycles. The fraction of sp³-hybridized carbons (Fsp3) is 0.273. The van der Waals surface area contributed by atoms with Crippen molar-refractivity contribution < 1.29 is 0 Å². The lowest BCUT2D eigenvalue weighted by molar-refractivity contribution is 0.868. The molecule has 2 aromatic heterocycles. The van der Waals surface area contributed by atoms with Crippen LogP contribution in [0, 0.1) is 0 Å². The van der Waals surface area contributed by atoms with E-state index in [-0.39, 0.29) is 0 Å². The molecule has 96 valence electrons. The molecule has 0 aromatic carbocycles. The summed E-state index contributed by atoms with van der Waals surface area (Å²) in [7, 11) is 0. The molecule has 0 bridgehead atoms. The van der Waals surface area contributed by atoms with Gasteiger partial charge in [-0.2, -0.15) is 0 Å². The highest BCUT2D eigenvalue weighted by atomic mass is 79.9. The second kappa shape index (κ2) is 6.18. The average molecular weight is 431 g/mol. The summed E-state index contributed by atoms with van der Waals surface area (Å²) in [5.41, 5.74) is 0.924. The molecule has 2 heterocycles. The van der Waals surface area contributed by atoms with Crippen molar-refractivity contribution in [2.24, 2.45) is 0 Å². The van der Waals surface area contributed by atoms with Crippen LogP contribution in [0.2, 0.25) is 9.49 Å². The maximum atomic E-state index is 6.11. The summed E-state index contributed by atoms with van der Waals surface area (Å²) in [6.45, 7) is 2.10. The van der Waals surface area contributed by atoms with Gasteiger partial charge in [0.15, 0.2) is 5.82 Å². The smallest absolute Gasteiger partial charge is 0.171 e. The van der Waals surface area contributed by atoms with Gasteiger partial charge in [0, 0.05) is 4.47 Å². The summed E-state index contributed by atoms with van der Waals surface area (Å²) in [6.07, 6.45) is 1.86. The predicted octanol–water partition coefficient (Wildman–Crippen LogP) is 5.99. The van der Waals surface area contributed by atoms with E-state index in [1.165, 1.54) is 11.3 Å². The van der Waals surface area contributed by atoms with Crippen molar-refractivity contribution in [1.82, 2.24) is 9.97 Å². The van der Waals surface area contributed by atoms with Gasteiger partial charge < -0.3 is 0 Å². The maximum absolute atomic E-state index is 6.11. The Bertz CT molecular complexity index is 567. The molecule has 0 amide bonds. The van der Waals surface area contributed by atoms with Crippen molar-refractivity contribution >= 4 is 66.4 Å². The minimum Gasteiger partial charge on any atom is -0.231 e. The molecular weight excluding hydrogens is 423 g/mol. The first kappa shape index (κ1) is 14.7. The zero-order valence-corrected chi connectivity index (χ0v) is 14.8. The minimum atomic E-state index is 0.434. The fourth-order valence-corrected chi connectivity index (χ4v) is 3.63. The fourth-order valence-electron chi connectivity index (χ4n) is 1.43. The van der Waals surface area contributed by atoms with Crippen LogP contribution in [-0.4, -0.2) is 9.97 Å². The van der Waals surface area contributed by atoms with Crippen LogP contribution < -0.4 is 0 Å². The van der Waals surface area contributed by atoms with E-state index in [1.54, 1.807) is 0 Å². The van der Waals surface area contributed by atoms with Crippen molar-refractivity contribution in [3.63, 3.8) is 0 Å². The van der Waals surface area contributed by atoms with E-state index in [0.29, 0.717) is 15.3 Å². The number of hydrogen-bond acceptors (Lipinski definition) is 3. The second-order valence-corrected chi connectivity index (χ2v) is 7.24. The third-order valence-corrected chi connectivity index (χ3v) is 6.04. The Morgan fingerprint density at radius 2 is 2.00 bits per heavy atom. The molecule has 0 unspecified atom stereocenters. The van der Waals surface area contributed by atoms with E-state index in [4.69, 9.17) is 23.2 Å². The highest BCUT2D eigenvalue weighted by Gasteiger charge is 2.14. The zero-order valence-electron chi connectivity index (χ0n) is 9.31. The van der Waals surface area contributed by atoms with E-state index in [0.717, 1.165) is 32.4 Å². The summed E-state index contributed by atoms with van der Waals surface area (Å²) in [5, 5.41) is 0.434. The lowest BCUT2D eigenvalue weighted by Gasteiger charge is -2.05. The first-order valence-corrected chi connectivity index (χ1v) is 8.36. The van der Waals surface area contributed by atoms with Crippen LogP contribution in [0.5, 0.6) is 0 Å². The van der Waals surface area contributed by atoms with Gasteiger partial charge in [-0.3, -0.25) is 0 Å². The maximum Gasteiger partial charge on any atom is 0.171 e. The van der Waals surface area contributed by atoms with Gasteiger partial charge in [-0.05, 0) is 44.3 Å². The van der Waals surface area contributed by atoms with Crippen molar-refractivity contribution in [2.45, 2.75) is 19.8 Å². The van der Waals surface area contributed by atoms with Crippen LogP contribution >= 0.6 is 66.4 Å². The molecule has 0 fully saturated rings. The van der Waals surface area contributed by atoms with Crippen molar-refractivity contribution in [2.75, 3.05) is 0 Å². The van der Waals surface area contributed by atoms with E-state index >= 15 is 0 Å². The summed E-state index contributed by atoms with van der Waals surface area (Å²) >= 11 is 20.4. The highest BCUT2D eigenvalue weighted by Crippen LogP contribution is 2.38. The molecule has 0 aliphatic rings. The zero-order chi connectivity index (χ0) is 13.3. The molecule has 0 saturated carbocycles. The molecule has 2 nitrogen and oxygen atoms in total. The third-order valence-electron chi connectivity index (χ3n) is 2.23. The summed E-state index contributed by atoms with van der Waals surface area (Å²) in [4.78, 5) is 9.72. The van der Waals surface area contributed by atoms with Crippen LogP contribution in [0.15, 0.2) is 15.0 Å². The number of halogens is 4. The van der Waals surface area contributed by atoms with Crippen molar-refractivity contribution in [3.05, 3.63) is 30.2 Å². The summed E-state index contributed by atoms with van der Waals surface area (Å²) in [6, 6.07) is 1.91. The first-order valence-electron chi connectivity index (χ1n) is 5.20. The Hall–Kier alpha value is 0.320. The van der Waals surface area contributed by atoms with Gasteiger partial charge in [-0.1, -0.05) is 36.5 Å². The van der Waals surface area contributed by atoms with E-state index in [2.05, 4.69) is 48.8 Å². The Morgan fingerprint density at radius 1 is 1.28 bits per heavy atom. The molecule has 18 heavy (non-hydrogen) atoms. The number of hydrogen-bond donors (Lipinski definition) is 0. The quantitative estimate of drug-likeness (QED) is 0.559. The number of aromatic nitrogens is 2. The number of thiophene rings is 1. The molecule has 0 atom stereocenters. The molecule has 2 rings (SSSR count). The Balaban J connectivity index is 2.51. The molecule has 0 saturated heterocycles. The van der Waals surface area contributed by atoms with Gasteiger partial charge in [0.1, 0.15) is 9.49 Å². The van der Waals surface area contributed by atoms with Crippen LogP contribution in [0.3, 0.4) is 0 Å². The van der Waals surface area contributed by atoms with Gasteiger partial charge in [0.25, 0.3) is 0 Å².